The van der Waals surface area contributed by atoms with E-state index in [9.17, 15) is 0 Å². The van der Waals surface area contributed by atoms with Gasteiger partial charge < -0.3 is 4.42 Å². The average Bonchev–Trinajstić information content (AvgIpc) is 3.61. The number of fused-ring (bicyclic) bond motifs is 9. The van der Waals surface area contributed by atoms with Gasteiger partial charge in [0, 0.05) is 27.5 Å². The molecule has 9 aromatic carbocycles. The van der Waals surface area contributed by atoms with Gasteiger partial charge >= 0.3 is 0 Å². The second-order valence-corrected chi connectivity index (χ2v) is 13.5. The lowest BCUT2D eigenvalue weighted by molar-refractivity contribution is 0.669. The highest BCUT2D eigenvalue weighted by Gasteiger charge is 2.22. The van der Waals surface area contributed by atoms with Crippen LogP contribution in [0.2, 0.25) is 0 Å². The van der Waals surface area contributed by atoms with E-state index in [2.05, 4.69) is 158 Å². The van der Waals surface area contributed by atoms with Gasteiger partial charge in [-0.25, -0.2) is 15.0 Å². The standard InChI is InChI=1S/C49H29N3O/c1-2-14-30(15-3-1)33-28-43(46-40-24-12-13-25-44(40)53-45(46)29-33)49-51-47(41-26-31-16-4-6-18-34(31)36-20-8-10-22-38(36)41)50-48(52-49)42-27-32-17-5-7-19-35(32)37-21-9-11-23-39(37)42/h1-29H. The Hall–Kier alpha value is -7.17. The third-order valence-corrected chi connectivity index (χ3v) is 10.5. The smallest absolute Gasteiger partial charge is 0.164 e. The number of rotatable bonds is 4. The summed E-state index contributed by atoms with van der Waals surface area (Å²) in [6.07, 6.45) is 0. The summed E-state index contributed by atoms with van der Waals surface area (Å²) in [6, 6.07) is 61.5. The molecule has 246 valence electrons. The summed E-state index contributed by atoms with van der Waals surface area (Å²) in [5.74, 6) is 1.83. The largest absolute Gasteiger partial charge is 0.456 e. The zero-order valence-corrected chi connectivity index (χ0v) is 28.5. The lowest BCUT2D eigenvalue weighted by Crippen LogP contribution is -2.02. The van der Waals surface area contributed by atoms with Gasteiger partial charge in [0.25, 0.3) is 0 Å². The molecule has 11 rings (SSSR count). The van der Waals surface area contributed by atoms with E-state index in [4.69, 9.17) is 19.4 Å². The van der Waals surface area contributed by atoms with Crippen LogP contribution in [0.1, 0.15) is 0 Å². The van der Waals surface area contributed by atoms with Gasteiger partial charge in [0.2, 0.25) is 0 Å². The van der Waals surface area contributed by atoms with Gasteiger partial charge in [-0.2, -0.15) is 0 Å². The van der Waals surface area contributed by atoms with Crippen molar-refractivity contribution in [1.29, 1.82) is 0 Å². The maximum absolute atomic E-state index is 6.55. The average molecular weight is 676 g/mol. The highest BCUT2D eigenvalue weighted by molar-refractivity contribution is 6.16. The molecular weight excluding hydrogens is 647 g/mol. The highest BCUT2D eigenvalue weighted by Crippen LogP contribution is 2.42. The summed E-state index contributed by atoms with van der Waals surface area (Å²) < 4.78 is 6.55. The Bertz CT molecular complexity index is 3100. The van der Waals surface area contributed by atoms with Crippen LogP contribution >= 0.6 is 0 Å². The molecule has 2 heterocycles. The lowest BCUT2D eigenvalue weighted by atomic mass is 9.95. The predicted molar refractivity (Wildman–Crippen MR) is 219 cm³/mol. The van der Waals surface area contributed by atoms with E-state index in [-0.39, 0.29) is 0 Å². The molecule has 0 aliphatic carbocycles. The first-order chi connectivity index (χ1) is 26.3. The fourth-order valence-corrected chi connectivity index (χ4v) is 8.04. The summed E-state index contributed by atoms with van der Waals surface area (Å²) in [7, 11) is 0. The van der Waals surface area contributed by atoms with Crippen molar-refractivity contribution in [2.24, 2.45) is 0 Å². The summed E-state index contributed by atoms with van der Waals surface area (Å²) in [5, 5.41) is 11.2. The first-order valence-corrected chi connectivity index (χ1v) is 17.9. The van der Waals surface area contributed by atoms with Crippen molar-refractivity contribution in [3.63, 3.8) is 0 Å². The lowest BCUT2D eigenvalue weighted by Gasteiger charge is -2.15. The monoisotopic (exact) mass is 675 g/mol. The Kier molecular flexibility index (Phi) is 6.52. The van der Waals surface area contributed by atoms with Crippen LogP contribution < -0.4 is 0 Å². The molecular formula is C49H29N3O. The molecule has 0 atom stereocenters. The van der Waals surface area contributed by atoms with Crippen molar-refractivity contribution in [2.45, 2.75) is 0 Å². The van der Waals surface area contributed by atoms with Gasteiger partial charge in [0.1, 0.15) is 11.2 Å². The fourth-order valence-electron chi connectivity index (χ4n) is 8.04. The Labute approximate surface area is 304 Å². The molecule has 2 aromatic heterocycles. The zero-order valence-electron chi connectivity index (χ0n) is 28.5. The Balaban J connectivity index is 1.28. The molecule has 4 nitrogen and oxygen atoms in total. The number of benzene rings is 9. The third kappa shape index (κ3) is 4.73. The minimum Gasteiger partial charge on any atom is -0.456 e. The van der Waals surface area contributed by atoms with Crippen molar-refractivity contribution < 1.29 is 4.42 Å². The van der Waals surface area contributed by atoms with Crippen LogP contribution in [0.4, 0.5) is 0 Å². The van der Waals surface area contributed by atoms with Crippen LogP contribution in [-0.4, -0.2) is 15.0 Å². The molecule has 11 aromatic rings. The van der Waals surface area contributed by atoms with Crippen LogP contribution in [0.3, 0.4) is 0 Å². The number of furan rings is 1. The molecule has 0 radical (unpaired) electrons. The quantitative estimate of drug-likeness (QED) is 0.174. The van der Waals surface area contributed by atoms with E-state index >= 15 is 0 Å². The van der Waals surface area contributed by atoms with Crippen molar-refractivity contribution >= 4 is 65.0 Å². The molecule has 0 saturated heterocycles. The van der Waals surface area contributed by atoms with Gasteiger partial charge in [-0.05, 0) is 84.5 Å². The van der Waals surface area contributed by atoms with Crippen LogP contribution in [0, 0.1) is 0 Å². The van der Waals surface area contributed by atoms with Gasteiger partial charge in [-0.15, -0.1) is 0 Å². The maximum atomic E-state index is 6.55. The van der Waals surface area contributed by atoms with E-state index in [0.29, 0.717) is 17.5 Å². The van der Waals surface area contributed by atoms with Crippen LogP contribution in [0.5, 0.6) is 0 Å². The van der Waals surface area contributed by atoms with E-state index in [1.165, 1.54) is 10.8 Å². The Morgan fingerprint density at radius 2 is 0.755 bits per heavy atom. The molecule has 0 N–H and O–H groups in total. The van der Waals surface area contributed by atoms with Crippen LogP contribution in [-0.2, 0) is 0 Å². The van der Waals surface area contributed by atoms with Gasteiger partial charge in [-0.3, -0.25) is 0 Å². The molecule has 0 bridgehead atoms. The van der Waals surface area contributed by atoms with Gasteiger partial charge in [0.05, 0.1) is 0 Å². The minimum absolute atomic E-state index is 0.591. The number of hydrogen-bond donors (Lipinski definition) is 0. The van der Waals surface area contributed by atoms with E-state index in [0.717, 1.165) is 82.1 Å². The number of nitrogens with zero attached hydrogens (tertiary/aromatic N) is 3. The summed E-state index contributed by atoms with van der Waals surface area (Å²) in [5.41, 5.74) is 6.55. The van der Waals surface area contributed by atoms with Crippen molar-refractivity contribution in [3.8, 4) is 45.3 Å². The molecule has 0 aliphatic heterocycles. The predicted octanol–water partition coefficient (Wildman–Crippen LogP) is 13.1. The third-order valence-electron chi connectivity index (χ3n) is 10.5. The normalized spacial score (nSPS) is 11.8. The molecule has 53 heavy (non-hydrogen) atoms. The van der Waals surface area contributed by atoms with Crippen molar-refractivity contribution in [1.82, 2.24) is 15.0 Å². The van der Waals surface area contributed by atoms with E-state index in [1.807, 2.05) is 18.2 Å². The second-order valence-electron chi connectivity index (χ2n) is 13.5. The van der Waals surface area contributed by atoms with Crippen molar-refractivity contribution in [3.05, 3.63) is 176 Å². The second kappa shape index (κ2) is 11.7. The SMILES string of the molecule is c1ccc(-c2cc(-c3nc(-c4cc5ccccc5c5ccccc45)nc(-c4cc5ccccc5c5ccccc45)n3)c3c(c2)oc2ccccc23)cc1. The Morgan fingerprint density at radius 3 is 1.34 bits per heavy atom. The van der Waals surface area contributed by atoms with Crippen LogP contribution in [0.25, 0.3) is 110 Å². The molecule has 0 fully saturated rings. The molecule has 0 aliphatic rings. The number of aromatic nitrogens is 3. The maximum Gasteiger partial charge on any atom is 0.164 e. The molecule has 0 unspecified atom stereocenters. The molecule has 0 spiro atoms. The molecule has 4 heteroatoms. The molecule has 0 saturated carbocycles. The zero-order chi connectivity index (χ0) is 34.9. The number of hydrogen-bond acceptors (Lipinski definition) is 4. The summed E-state index contributed by atoms with van der Waals surface area (Å²) in [4.78, 5) is 16.2. The van der Waals surface area contributed by atoms with Gasteiger partial charge in [0.15, 0.2) is 17.5 Å². The summed E-state index contributed by atoms with van der Waals surface area (Å²) >= 11 is 0. The van der Waals surface area contributed by atoms with Gasteiger partial charge in [-0.1, -0.05) is 146 Å². The Morgan fingerprint density at radius 1 is 0.302 bits per heavy atom. The topological polar surface area (TPSA) is 51.8 Å². The van der Waals surface area contributed by atoms with E-state index < -0.39 is 0 Å². The first-order valence-electron chi connectivity index (χ1n) is 17.9. The number of para-hydroxylation sites is 1. The van der Waals surface area contributed by atoms with Crippen molar-refractivity contribution in [2.75, 3.05) is 0 Å². The van der Waals surface area contributed by atoms with E-state index in [1.54, 1.807) is 0 Å². The fraction of sp³-hybridized carbons (Fsp3) is 0. The van der Waals surface area contributed by atoms with Crippen LogP contribution in [0.15, 0.2) is 180 Å². The summed E-state index contributed by atoms with van der Waals surface area (Å²) in [6.45, 7) is 0. The highest BCUT2D eigenvalue weighted by atomic mass is 16.3. The molecule has 0 amide bonds. The first kappa shape index (κ1) is 29.5. The minimum atomic E-state index is 0.591.